The number of hydrogen-bond donors (Lipinski definition) is 0. The third kappa shape index (κ3) is 5.48. The van der Waals surface area contributed by atoms with E-state index in [1.165, 1.54) is 4.88 Å². The minimum Gasteiger partial charge on any atom is -0.330 e. The summed E-state index contributed by atoms with van der Waals surface area (Å²) in [6.07, 6.45) is 1.60. The van der Waals surface area contributed by atoms with Crippen LogP contribution in [0.2, 0.25) is 5.02 Å². The second kappa shape index (κ2) is 11.3. The predicted molar refractivity (Wildman–Crippen MR) is 151 cm³/mol. The summed E-state index contributed by atoms with van der Waals surface area (Å²) >= 11 is 7.88. The average molecular weight is 529 g/mol. The first-order valence-electron chi connectivity index (χ1n) is 12.6. The van der Waals surface area contributed by atoms with Crippen molar-refractivity contribution in [3.63, 3.8) is 0 Å². The molecule has 2 amide bonds. The molecule has 3 aromatic carbocycles. The van der Waals surface area contributed by atoms with Gasteiger partial charge in [-0.05, 0) is 70.8 Å². The number of rotatable bonds is 7. The van der Waals surface area contributed by atoms with E-state index >= 15 is 0 Å². The van der Waals surface area contributed by atoms with Gasteiger partial charge in [-0.1, -0.05) is 73.1 Å². The molecule has 1 aromatic heterocycles. The second-order valence-electron chi connectivity index (χ2n) is 9.26. The van der Waals surface area contributed by atoms with E-state index in [0.717, 1.165) is 35.1 Å². The Morgan fingerprint density at radius 2 is 1.65 bits per heavy atom. The first-order chi connectivity index (χ1) is 18.0. The summed E-state index contributed by atoms with van der Waals surface area (Å²) in [5.41, 5.74) is 4.95. The molecule has 4 nitrogen and oxygen atoms in total. The van der Waals surface area contributed by atoms with Crippen molar-refractivity contribution in [2.24, 2.45) is 0 Å². The lowest BCUT2D eigenvalue weighted by molar-refractivity contribution is -0.134. The molecule has 5 rings (SSSR count). The molecule has 0 saturated heterocycles. The topological polar surface area (TPSA) is 40.6 Å². The molecular formula is C31H29ClN2O2S. The average Bonchev–Trinajstić information content (AvgIpc) is 3.42. The zero-order valence-corrected chi connectivity index (χ0v) is 22.3. The quantitative estimate of drug-likeness (QED) is 0.257. The Morgan fingerprint density at radius 1 is 0.946 bits per heavy atom. The first-order valence-corrected chi connectivity index (χ1v) is 13.9. The highest BCUT2D eigenvalue weighted by Gasteiger charge is 2.34. The highest BCUT2D eigenvalue weighted by atomic mass is 35.5. The van der Waals surface area contributed by atoms with Gasteiger partial charge in [0.05, 0.1) is 6.04 Å². The van der Waals surface area contributed by atoms with Gasteiger partial charge in [0.15, 0.2) is 0 Å². The van der Waals surface area contributed by atoms with Crippen LogP contribution in [0.15, 0.2) is 90.3 Å². The van der Waals surface area contributed by atoms with Crippen LogP contribution in [0.3, 0.4) is 0 Å². The standard InChI is InChI=1S/C31H29ClN2O2S/c1-2-18-33(31(36)25-10-8-23(9-11-25)22-6-4-3-5-7-22)21-29(35)34-19-16-28-27(17-20-37-28)30(34)24-12-14-26(32)15-13-24/h3-15,17,20,30H,2,16,18-19,21H2,1H3. The van der Waals surface area contributed by atoms with E-state index in [9.17, 15) is 9.59 Å². The van der Waals surface area contributed by atoms with Crippen LogP contribution in [0.25, 0.3) is 11.1 Å². The van der Waals surface area contributed by atoms with Gasteiger partial charge in [-0.3, -0.25) is 9.59 Å². The van der Waals surface area contributed by atoms with Crippen molar-refractivity contribution in [1.82, 2.24) is 9.80 Å². The zero-order valence-electron chi connectivity index (χ0n) is 20.8. The molecule has 1 atom stereocenters. The molecule has 0 spiro atoms. The Morgan fingerprint density at radius 3 is 2.35 bits per heavy atom. The summed E-state index contributed by atoms with van der Waals surface area (Å²) in [7, 11) is 0. The Kier molecular flexibility index (Phi) is 7.73. The Bertz CT molecular complexity index is 1370. The monoisotopic (exact) mass is 528 g/mol. The molecule has 1 unspecified atom stereocenters. The number of fused-ring (bicyclic) bond motifs is 1. The van der Waals surface area contributed by atoms with Crippen molar-refractivity contribution < 1.29 is 9.59 Å². The number of hydrogen-bond acceptors (Lipinski definition) is 3. The van der Waals surface area contributed by atoms with Crippen LogP contribution in [-0.2, 0) is 11.2 Å². The molecule has 37 heavy (non-hydrogen) atoms. The minimum atomic E-state index is -0.177. The highest BCUT2D eigenvalue weighted by molar-refractivity contribution is 7.10. The van der Waals surface area contributed by atoms with Gasteiger partial charge in [0.1, 0.15) is 6.54 Å². The zero-order chi connectivity index (χ0) is 25.8. The van der Waals surface area contributed by atoms with Crippen molar-refractivity contribution in [3.05, 3.63) is 117 Å². The fourth-order valence-corrected chi connectivity index (χ4v) is 6.01. The van der Waals surface area contributed by atoms with Crippen molar-refractivity contribution in [2.45, 2.75) is 25.8 Å². The van der Waals surface area contributed by atoms with Crippen molar-refractivity contribution in [3.8, 4) is 11.1 Å². The van der Waals surface area contributed by atoms with Crippen LogP contribution >= 0.6 is 22.9 Å². The Labute approximate surface area is 227 Å². The van der Waals surface area contributed by atoms with E-state index in [-0.39, 0.29) is 24.4 Å². The molecule has 0 bridgehead atoms. The fourth-order valence-electron chi connectivity index (χ4n) is 4.98. The molecule has 4 aromatic rings. The Balaban J connectivity index is 1.37. The van der Waals surface area contributed by atoms with E-state index in [4.69, 9.17) is 11.6 Å². The normalized spacial score (nSPS) is 14.8. The van der Waals surface area contributed by atoms with Gasteiger partial charge in [0, 0.05) is 28.6 Å². The first kappa shape index (κ1) is 25.2. The van der Waals surface area contributed by atoms with E-state index in [0.29, 0.717) is 23.7 Å². The van der Waals surface area contributed by atoms with Crippen LogP contribution in [0.4, 0.5) is 0 Å². The van der Waals surface area contributed by atoms with Crippen LogP contribution in [-0.4, -0.2) is 41.2 Å². The summed E-state index contributed by atoms with van der Waals surface area (Å²) in [4.78, 5) is 32.2. The summed E-state index contributed by atoms with van der Waals surface area (Å²) in [5.74, 6) is -0.161. The molecular weight excluding hydrogens is 500 g/mol. The van der Waals surface area contributed by atoms with E-state index < -0.39 is 0 Å². The van der Waals surface area contributed by atoms with Gasteiger partial charge in [-0.2, -0.15) is 0 Å². The summed E-state index contributed by atoms with van der Waals surface area (Å²) in [6.45, 7) is 3.22. The molecule has 1 aliphatic rings. The molecule has 0 saturated carbocycles. The maximum atomic E-state index is 13.7. The molecule has 0 N–H and O–H groups in total. The lowest BCUT2D eigenvalue weighted by atomic mass is 9.93. The molecule has 0 aliphatic carbocycles. The van der Waals surface area contributed by atoms with E-state index in [1.807, 2.05) is 90.7 Å². The smallest absolute Gasteiger partial charge is 0.254 e. The van der Waals surface area contributed by atoms with Gasteiger partial charge in [-0.15, -0.1) is 11.3 Å². The second-order valence-corrected chi connectivity index (χ2v) is 10.7. The molecule has 188 valence electrons. The van der Waals surface area contributed by atoms with Crippen molar-refractivity contribution >= 4 is 34.8 Å². The maximum Gasteiger partial charge on any atom is 0.254 e. The van der Waals surface area contributed by atoms with Crippen molar-refractivity contribution in [1.29, 1.82) is 0 Å². The number of amides is 2. The molecule has 0 fully saturated rings. The molecule has 1 aliphatic heterocycles. The van der Waals surface area contributed by atoms with Crippen LogP contribution in [0.1, 0.15) is 45.7 Å². The van der Waals surface area contributed by atoms with Gasteiger partial charge in [0.25, 0.3) is 5.91 Å². The molecule has 2 heterocycles. The lowest BCUT2D eigenvalue weighted by Crippen LogP contribution is -2.47. The third-order valence-corrected chi connectivity index (χ3v) is 8.07. The summed E-state index contributed by atoms with van der Waals surface area (Å²) < 4.78 is 0. The summed E-state index contributed by atoms with van der Waals surface area (Å²) in [5, 5.41) is 2.76. The fraction of sp³-hybridized carbons (Fsp3) is 0.226. The minimum absolute atomic E-state index is 0.0421. The van der Waals surface area contributed by atoms with E-state index in [2.05, 4.69) is 11.4 Å². The number of halogens is 1. The van der Waals surface area contributed by atoms with Crippen molar-refractivity contribution in [2.75, 3.05) is 19.6 Å². The van der Waals surface area contributed by atoms with E-state index in [1.54, 1.807) is 16.2 Å². The molecule has 6 heteroatoms. The highest BCUT2D eigenvalue weighted by Crippen LogP contribution is 2.38. The Hall–Kier alpha value is -3.41. The van der Waals surface area contributed by atoms with Gasteiger partial charge in [0.2, 0.25) is 5.91 Å². The predicted octanol–water partition coefficient (Wildman–Crippen LogP) is 7.10. The summed E-state index contributed by atoms with van der Waals surface area (Å²) in [6, 6.07) is 27.4. The number of carbonyl (C=O) groups excluding carboxylic acids is 2. The number of thiophene rings is 1. The maximum absolute atomic E-state index is 13.7. The third-order valence-electron chi connectivity index (χ3n) is 6.82. The largest absolute Gasteiger partial charge is 0.330 e. The van der Waals surface area contributed by atoms with Gasteiger partial charge >= 0.3 is 0 Å². The number of nitrogens with zero attached hydrogens (tertiary/aromatic N) is 2. The van der Waals surface area contributed by atoms with Crippen LogP contribution in [0.5, 0.6) is 0 Å². The van der Waals surface area contributed by atoms with Crippen LogP contribution in [0, 0.1) is 0 Å². The van der Waals surface area contributed by atoms with Gasteiger partial charge < -0.3 is 9.80 Å². The number of carbonyl (C=O) groups is 2. The van der Waals surface area contributed by atoms with Gasteiger partial charge in [-0.25, -0.2) is 0 Å². The van der Waals surface area contributed by atoms with Crippen LogP contribution < -0.4 is 0 Å². The SMILES string of the molecule is CCCN(CC(=O)N1CCc2sccc2C1c1ccc(Cl)cc1)C(=O)c1ccc(-c2ccccc2)cc1. The lowest BCUT2D eigenvalue weighted by Gasteiger charge is -2.37. The molecule has 0 radical (unpaired) electrons. The number of benzene rings is 3.